The third-order valence-electron chi connectivity index (χ3n) is 5.02. The molecule has 2 fully saturated rings. The summed E-state index contributed by atoms with van der Waals surface area (Å²) in [5.41, 5.74) is 0.164. The van der Waals surface area contributed by atoms with Crippen LogP contribution in [0.3, 0.4) is 0 Å². The highest BCUT2D eigenvalue weighted by Gasteiger charge is 2.38. The lowest BCUT2D eigenvalue weighted by Gasteiger charge is -2.44. The third-order valence-corrected chi connectivity index (χ3v) is 8.35. The summed E-state index contributed by atoms with van der Waals surface area (Å²) in [6.45, 7) is 10.4. The number of thioether (sulfide) groups is 1. The molecule has 2 atom stereocenters. The minimum atomic E-state index is -2.98. The van der Waals surface area contributed by atoms with Crippen molar-refractivity contribution < 1.29 is 8.42 Å². The van der Waals surface area contributed by atoms with Gasteiger partial charge in [-0.25, -0.2) is 8.42 Å². The molecule has 0 radical (unpaired) electrons. The molecule has 2 unspecified atom stereocenters. The maximum atomic E-state index is 12.4. The lowest BCUT2D eigenvalue weighted by Crippen LogP contribution is -2.53. The minimum Gasteiger partial charge on any atom is -0.316 e. The van der Waals surface area contributed by atoms with Crippen molar-refractivity contribution in [3.63, 3.8) is 0 Å². The summed E-state index contributed by atoms with van der Waals surface area (Å²) in [4.78, 5) is 2.24. The zero-order valence-electron chi connectivity index (χ0n) is 13.6. The quantitative estimate of drug-likeness (QED) is 0.831. The number of hydrogen-bond donors (Lipinski definition) is 1. The highest BCUT2D eigenvalue weighted by atomic mass is 32.2. The summed E-state index contributed by atoms with van der Waals surface area (Å²) in [5, 5.41) is 3.21. The number of hydrogen-bond acceptors (Lipinski definition) is 5. The van der Waals surface area contributed by atoms with E-state index in [1.165, 1.54) is 12.8 Å². The van der Waals surface area contributed by atoms with Crippen molar-refractivity contribution in [2.75, 3.05) is 43.4 Å². The van der Waals surface area contributed by atoms with Crippen LogP contribution in [0.1, 0.15) is 33.6 Å². The van der Waals surface area contributed by atoms with E-state index in [1.54, 1.807) is 18.7 Å². The van der Waals surface area contributed by atoms with Gasteiger partial charge in [0.1, 0.15) is 5.37 Å². The van der Waals surface area contributed by atoms with Crippen LogP contribution in [0.25, 0.3) is 0 Å². The van der Waals surface area contributed by atoms with E-state index < -0.39 is 9.84 Å². The van der Waals surface area contributed by atoms with Gasteiger partial charge in [-0.2, -0.15) is 11.8 Å². The largest absolute Gasteiger partial charge is 0.316 e. The van der Waals surface area contributed by atoms with E-state index >= 15 is 0 Å². The Morgan fingerprint density at radius 3 is 2.76 bits per heavy atom. The van der Waals surface area contributed by atoms with Gasteiger partial charge >= 0.3 is 0 Å². The van der Waals surface area contributed by atoms with Crippen LogP contribution in [0, 0.1) is 11.3 Å². The molecule has 2 aliphatic rings. The van der Waals surface area contributed by atoms with E-state index in [4.69, 9.17) is 0 Å². The van der Waals surface area contributed by atoms with Crippen molar-refractivity contribution >= 4 is 21.6 Å². The molecule has 0 amide bonds. The van der Waals surface area contributed by atoms with Gasteiger partial charge in [0.05, 0.1) is 0 Å². The summed E-state index contributed by atoms with van der Waals surface area (Å²) in [5.74, 6) is 2.68. The molecule has 4 nitrogen and oxygen atoms in total. The van der Waals surface area contributed by atoms with Gasteiger partial charge in [0.2, 0.25) is 0 Å². The second-order valence-corrected chi connectivity index (χ2v) is 10.6. The topological polar surface area (TPSA) is 49.4 Å². The monoisotopic (exact) mass is 334 g/mol. The van der Waals surface area contributed by atoms with E-state index in [9.17, 15) is 8.42 Å². The second kappa shape index (κ2) is 7.20. The Bertz CT molecular complexity index is 431. The van der Waals surface area contributed by atoms with Gasteiger partial charge < -0.3 is 5.32 Å². The van der Waals surface area contributed by atoms with Crippen molar-refractivity contribution in [3.8, 4) is 0 Å². The molecular weight excluding hydrogens is 304 g/mol. The van der Waals surface area contributed by atoms with Gasteiger partial charge in [0, 0.05) is 30.3 Å². The molecule has 0 aromatic rings. The summed E-state index contributed by atoms with van der Waals surface area (Å²) < 4.78 is 24.7. The van der Waals surface area contributed by atoms with Gasteiger partial charge in [0.15, 0.2) is 9.84 Å². The van der Waals surface area contributed by atoms with Crippen LogP contribution in [0.4, 0.5) is 0 Å². The van der Waals surface area contributed by atoms with Crippen LogP contribution in [0.2, 0.25) is 0 Å². The lowest BCUT2D eigenvalue weighted by atomic mass is 9.74. The Kier molecular flexibility index (Phi) is 6.02. The molecule has 1 N–H and O–H groups in total. The van der Waals surface area contributed by atoms with E-state index in [0.717, 1.165) is 37.7 Å². The van der Waals surface area contributed by atoms with Gasteiger partial charge in [-0.1, -0.05) is 20.8 Å². The number of nitrogens with zero attached hydrogens (tertiary/aromatic N) is 1. The van der Waals surface area contributed by atoms with Crippen LogP contribution in [0.5, 0.6) is 0 Å². The van der Waals surface area contributed by atoms with Crippen LogP contribution in [0.15, 0.2) is 0 Å². The maximum Gasteiger partial charge on any atom is 0.166 e. The standard InChI is InChI=1S/C15H30N2O2S2/c1-4-21(18,19)14-11-20-9-8-17(14)12-15(2,3)13-6-5-7-16-10-13/h13-14,16H,4-12H2,1-3H3. The average molecular weight is 335 g/mol. The zero-order valence-corrected chi connectivity index (χ0v) is 15.2. The SMILES string of the molecule is CCS(=O)(=O)C1CSCCN1CC(C)(C)C1CCCNC1. The van der Waals surface area contributed by atoms with Crippen molar-refractivity contribution in [2.45, 2.75) is 39.0 Å². The first kappa shape index (κ1) is 17.6. The highest BCUT2D eigenvalue weighted by molar-refractivity contribution is 8.01. The fourth-order valence-electron chi connectivity index (χ4n) is 3.49. The molecule has 0 aromatic carbocycles. The molecule has 21 heavy (non-hydrogen) atoms. The van der Waals surface area contributed by atoms with Crippen molar-refractivity contribution in [1.82, 2.24) is 10.2 Å². The predicted molar refractivity (Wildman–Crippen MR) is 91.5 cm³/mol. The van der Waals surface area contributed by atoms with Gasteiger partial charge in [-0.15, -0.1) is 0 Å². The molecular formula is C15H30N2O2S2. The molecule has 0 saturated carbocycles. The number of rotatable bonds is 5. The van der Waals surface area contributed by atoms with E-state index in [2.05, 4.69) is 24.1 Å². The Morgan fingerprint density at radius 1 is 1.38 bits per heavy atom. The Hall–Kier alpha value is 0.220. The first-order valence-electron chi connectivity index (χ1n) is 8.11. The summed E-state index contributed by atoms with van der Waals surface area (Å²) in [6.07, 6.45) is 2.49. The molecule has 6 heteroatoms. The first-order chi connectivity index (χ1) is 9.87. The molecule has 2 heterocycles. The summed E-state index contributed by atoms with van der Waals surface area (Å²) in [6, 6.07) is 0. The van der Waals surface area contributed by atoms with E-state index in [0.29, 0.717) is 5.92 Å². The molecule has 0 spiro atoms. The molecule has 0 aliphatic carbocycles. The van der Waals surface area contributed by atoms with Gasteiger partial charge in [0.25, 0.3) is 0 Å². The van der Waals surface area contributed by atoms with Gasteiger partial charge in [-0.3, -0.25) is 4.90 Å². The molecule has 2 aliphatic heterocycles. The molecule has 0 aromatic heterocycles. The number of piperidine rings is 1. The third kappa shape index (κ3) is 4.36. The number of nitrogens with one attached hydrogen (secondary N) is 1. The van der Waals surface area contributed by atoms with Crippen LogP contribution in [-0.4, -0.2) is 62.1 Å². The molecule has 2 saturated heterocycles. The normalized spacial score (nSPS) is 29.5. The van der Waals surface area contributed by atoms with Crippen LogP contribution < -0.4 is 5.32 Å². The van der Waals surface area contributed by atoms with E-state index in [-0.39, 0.29) is 16.5 Å². The lowest BCUT2D eigenvalue weighted by molar-refractivity contribution is 0.0981. The average Bonchev–Trinajstić information content (AvgIpc) is 2.48. The Morgan fingerprint density at radius 2 is 2.14 bits per heavy atom. The van der Waals surface area contributed by atoms with Crippen molar-refractivity contribution in [3.05, 3.63) is 0 Å². The van der Waals surface area contributed by atoms with Gasteiger partial charge in [-0.05, 0) is 37.3 Å². The first-order valence-corrected chi connectivity index (χ1v) is 11.0. The molecule has 124 valence electrons. The van der Waals surface area contributed by atoms with Crippen LogP contribution in [-0.2, 0) is 9.84 Å². The predicted octanol–water partition coefficient (Wildman–Crippen LogP) is 1.82. The number of sulfone groups is 1. The van der Waals surface area contributed by atoms with E-state index in [1.807, 2.05) is 0 Å². The highest BCUT2D eigenvalue weighted by Crippen LogP contribution is 2.34. The fraction of sp³-hybridized carbons (Fsp3) is 1.00. The van der Waals surface area contributed by atoms with Crippen molar-refractivity contribution in [1.29, 1.82) is 0 Å². The second-order valence-electron chi connectivity index (χ2n) is 6.98. The Labute approximate surface area is 134 Å². The maximum absolute atomic E-state index is 12.4. The smallest absolute Gasteiger partial charge is 0.166 e. The molecule has 0 bridgehead atoms. The minimum absolute atomic E-state index is 0.164. The summed E-state index contributed by atoms with van der Waals surface area (Å²) in [7, 11) is -2.98. The Balaban J connectivity index is 2.07. The van der Waals surface area contributed by atoms with Crippen LogP contribution >= 0.6 is 11.8 Å². The summed E-state index contributed by atoms with van der Waals surface area (Å²) >= 11 is 1.78. The fourth-order valence-corrected chi connectivity index (χ4v) is 6.57. The molecule has 2 rings (SSSR count). The van der Waals surface area contributed by atoms with Crippen molar-refractivity contribution in [2.24, 2.45) is 11.3 Å². The zero-order chi connectivity index (χ0) is 15.5.